The second-order valence-corrected chi connectivity index (χ2v) is 5.93. The largest absolute Gasteiger partial charge is 0.480 e. The van der Waals surface area contributed by atoms with E-state index < -0.39 is 18.8 Å². The van der Waals surface area contributed by atoms with Gasteiger partial charge >= 0.3 is 5.97 Å². The molecule has 0 amide bonds. The molecular formula is C20H16N2O4. The lowest BCUT2D eigenvalue weighted by Crippen LogP contribution is -2.12. The van der Waals surface area contributed by atoms with Gasteiger partial charge in [0.15, 0.2) is 12.8 Å². The van der Waals surface area contributed by atoms with E-state index in [4.69, 9.17) is 9.84 Å². The van der Waals surface area contributed by atoms with Gasteiger partial charge in [-0.15, -0.1) is 0 Å². The van der Waals surface area contributed by atoms with E-state index in [9.17, 15) is 9.90 Å². The number of carboxylic acids is 1. The van der Waals surface area contributed by atoms with Crippen LogP contribution in [0.2, 0.25) is 0 Å². The molecule has 4 rings (SSSR count). The van der Waals surface area contributed by atoms with Gasteiger partial charge in [0.25, 0.3) is 0 Å². The molecule has 6 heteroatoms. The summed E-state index contributed by atoms with van der Waals surface area (Å²) in [5, 5.41) is 23.0. The first-order chi connectivity index (χ1) is 12.6. The molecule has 0 radical (unpaired) electrons. The molecule has 1 aliphatic rings. The maximum absolute atomic E-state index is 10.8. The van der Waals surface area contributed by atoms with Gasteiger partial charge in [0.1, 0.15) is 11.3 Å². The minimum Gasteiger partial charge on any atom is -0.480 e. The molecule has 1 unspecified atom stereocenters. The zero-order valence-electron chi connectivity index (χ0n) is 13.7. The van der Waals surface area contributed by atoms with Crippen molar-refractivity contribution in [2.24, 2.45) is 0 Å². The summed E-state index contributed by atoms with van der Waals surface area (Å²) in [6.07, 6.45) is 2.75. The molecule has 2 heterocycles. The highest BCUT2D eigenvalue weighted by Gasteiger charge is 2.24. The number of anilines is 1. The summed E-state index contributed by atoms with van der Waals surface area (Å²) >= 11 is 0. The molecule has 6 nitrogen and oxygen atoms in total. The zero-order chi connectivity index (χ0) is 18.1. The topological polar surface area (TPSA) is 91.7 Å². The Morgan fingerprint density at radius 2 is 2.04 bits per heavy atom. The van der Waals surface area contributed by atoms with Crippen molar-refractivity contribution in [3.8, 4) is 5.75 Å². The monoisotopic (exact) mass is 348 g/mol. The number of nitrogens with one attached hydrogen (secondary N) is 1. The Morgan fingerprint density at radius 3 is 2.88 bits per heavy atom. The molecule has 3 N–H and O–H groups in total. The molecule has 3 aromatic rings. The number of ether oxygens (including phenoxy) is 1. The fourth-order valence-corrected chi connectivity index (χ4v) is 3.11. The van der Waals surface area contributed by atoms with E-state index in [0.29, 0.717) is 11.3 Å². The normalized spacial score (nSPS) is 17.1. The number of hydrogen-bond donors (Lipinski definition) is 3. The third-order valence-corrected chi connectivity index (χ3v) is 4.25. The number of rotatable bonds is 4. The van der Waals surface area contributed by atoms with Crippen LogP contribution >= 0.6 is 0 Å². The van der Waals surface area contributed by atoms with Gasteiger partial charge in [-0.1, -0.05) is 30.3 Å². The van der Waals surface area contributed by atoms with Crippen LogP contribution in [0.4, 0.5) is 5.69 Å². The van der Waals surface area contributed by atoms with Crippen LogP contribution in [0.25, 0.3) is 22.6 Å². The minimum absolute atomic E-state index is 0.413. The van der Waals surface area contributed by atoms with E-state index in [1.165, 1.54) is 0 Å². The zero-order valence-corrected chi connectivity index (χ0v) is 13.7. The molecule has 0 spiro atoms. The Kier molecular flexibility index (Phi) is 4.02. The van der Waals surface area contributed by atoms with Gasteiger partial charge < -0.3 is 20.3 Å². The lowest BCUT2D eigenvalue weighted by molar-refractivity contribution is -0.139. The van der Waals surface area contributed by atoms with E-state index in [-0.39, 0.29) is 0 Å². The fraction of sp³-hybridized carbons (Fsp3) is 0.100. The molecule has 130 valence electrons. The number of para-hydroxylation sites is 1. The van der Waals surface area contributed by atoms with E-state index in [1.807, 2.05) is 48.5 Å². The quantitative estimate of drug-likeness (QED) is 0.671. The Labute approximate surface area is 149 Å². The molecule has 0 aliphatic carbocycles. The lowest BCUT2D eigenvalue weighted by atomic mass is 10.0. The molecule has 1 atom stereocenters. The number of carboxylic acid groups (broad SMARTS) is 1. The minimum atomic E-state index is -1.04. The van der Waals surface area contributed by atoms with Crippen LogP contribution in [0.1, 0.15) is 11.1 Å². The number of aliphatic hydroxyl groups excluding tert-OH is 1. The molecule has 1 aliphatic heterocycles. The maximum Gasteiger partial charge on any atom is 0.341 e. The molecular weight excluding hydrogens is 332 g/mol. The molecule has 0 saturated heterocycles. The van der Waals surface area contributed by atoms with E-state index in [0.717, 1.165) is 27.8 Å². The van der Waals surface area contributed by atoms with Gasteiger partial charge in [0.2, 0.25) is 0 Å². The van der Waals surface area contributed by atoms with E-state index in [1.54, 1.807) is 12.3 Å². The van der Waals surface area contributed by atoms with Crippen molar-refractivity contribution < 1.29 is 19.7 Å². The lowest BCUT2D eigenvalue weighted by Gasteiger charge is -2.10. The van der Waals surface area contributed by atoms with Crippen molar-refractivity contribution in [1.29, 1.82) is 0 Å². The molecule has 0 fully saturated rings. The highest BCUT2D eigenvalue weighted by atomic mass is 16.5. The van der Waals surface area contributed by atoms with Crippen molar-refractivity contribution >= 4 is 34.2 Å². The Balaban J connectivity index is 1.81. The van der Waals surface area contributed by atoms with Crippen LogP contribution in [-0.4, -0.2) is 34.0 Å². The van der Waals surface area contributed by atoms with Crippen molar-refractivity contribution in [3.63, 3.8) is 0 Å². The van der Waals surface area contributed by atoms with Gasteiger partial charge in [-0.05, 0) is 29.8 Å². The SMILES string of the molecule is O=C(O)COc1ccc(C=C2c3ccccc3NC2O)c2cccnc12. The predicted molar refractivity (Wildman–Crippen MR) is 98.8 cm³/mol. The van der Waals surface area contributed by atoms with Gasteiger partial charge in [-0.2, -0.15) is 0 Å². The van der Waals surface area contributed by atoms with Crippen molar-refractivity contribution in [2.45, 2.75) is 6.23 Å². The second-order valence-electron chi connectivity index (χ2n) is 5.93. The van der Waals surface area contributed by atoms with Crippen molar-refractivity contribution in [2.75, 3.05) is 11.9 Å². The summed E-state index contributed by atoms with van der Waals surface area (Å²) in [6.45, 7) is -0.428. The standard InChI is InChI=1S/C20H16N2O4/c23-18(24)11-26-17-8-7-12(13-5-3-9-21-19(13)17)10-15-14-4-1-2-6-16(14)22-20(15)25/h1-10,20,22,25H,11H2,(H,23,24). The first-order valence-electron chi connectivity index (χ1n) is 8.11. The molecule has 0 bridgehead atoms. The molecule has 2 aromatic carbocycles. The predicted octanol–water partition coefficient (Wildman–Crippen LogP) is 2.98. The fourth-order valence-electron chi connectivity index (χ4n) is 3.11. The summed E-state index contributed by atoms with van der Waals surface area (Å²) < 4.78 is 5.34. The number of aromatic nitrogens is 1. The second kappa shape index (κ2) is 6.50. The first-order valence-corrected chi connectivity index (χ1v) is 8.11. The van der Waals surface area contributed by atoms with Crippen molar-refractivity contribution in [1.82, 2.24) is 4.98 Å². The van der Waals surface area contributed by atoms with Gasteiger partial charge in [0.05, 0.1) is 0 Å². The Bertz CT molecular complexity index is 1030. The number of nitrogens with zero attached hydrogens (tertiary/aromatic N) is 1. The van der Waals surface area contributed by atoms with Crippen molar-refractivity contribution in [3.05, 3.63) is 65.9 Å². The Hall–Kier alpha value is -3.38. The summed E-state index contributed by atoms with van der Waals surface area (Å²) in [5.41, 5.74) is 4.04. The maximum atomic E-state index is 10.8. The number of hydrogen-bond acceptors (Lipinski definition) is 5. The highest BCUT2D eigenvalue weighted by molar-refractivity contribution is 6.00. The summed E-state index contributed by atoms with van der Waals surface area (Å²) in [7, 11) is 0. The van der Waals surface area contributed by atoms with Crippen LogP contribution in [0.15, 0.2) is 54.7 Å². The van der Waals surface area contributed by atoms with Crippen LogP contribution in [0.5, 0.6) is 5.75 Å². The van der Waals surface area contributed by atoms with Crippen LogP contribution < -0.4 is 10.1 Å². The Morgan fingerprint density at radius 1 is 1.19 bits per heavy atom. The smallest absolute Gasteiger partial charge is 0.341 e. The molecule has 1 aromatic heterocycles. The molecule has 0 saturated carbocycles. The molecule has 26 heavy (non-hydrogen) atoms. The third-order valence-electron chi connectivity index (χ3n) is 4.25. The third kappa shape index (κ3) is 2.87. The number of benzene rings is 2. The van der Waals surface area contributed by atoms with Crippen LogP contribution in [0, 0.1) is 0 Å². The van der Waals surface area contributed by atoms with Crippen LogP contribution in [0.3, 0.4) is 0 Å². The van der Waals surface area contributed by atoms with Gasteiger partial charge in [-0.25, -0.2) is 4.79 Å². The average Bonchev–Trinajstić information content (AvgIpc) is 2.96. The number of fused-ring (bicyclic) bond motifs is 2. The summed E-state index contributed by atoms with van der Waals surface area (Å²) in [5.74, 6) is -0.632. The number of pyridine rings is 1. The first kappa shape index (κ1) is 16.1. The van der Waals surface area contributed by atoms with Gasteiger partial charge in [0, 0.05) is 28.4 Å². The average molecular weight is 348 g/mol. The number of carbonyl (C=O) groups is 1. The van der Waals surface area contributed by atoms with E-state index >= 15 is 0 Å². The number of aliphatic carboxylic acids is 1. The van der Waals surface area contributed by atoms with Crippen LogP contribution in [-0.2, 0) is 4.79 Å². The summed E-state index contributed by atoms with van der Waals surface area (Å²) in [6, 6.07) is 14.9. The van der Waals surface area contributed by atoms with E-state index in [2.05, 4.69) is 10.3 Å². The number of aliphatic hydroxyl groups is 1. The summed E-state index contributed by atoms with van der Waals surface area (Å²) in [4.78, 5) is 15.1. The highest BCUT2D eigenvalue weighted by Crippen LogP contribution is 2.37. The van der Waals surface area contributed by atoms with Gasteiger partial charge in [-0.3, -0.25) is 4.98 Å².